The Kier molecular flexibility index (Phi) is 5.35. The largest absolute Gasteiger partial charge is 0.497 e. The lowest BCUT2D eigenvalue weighted by atomic mass is 10.2. The molecule has 2 heterocycles. The van der Waals surface area contributed by atoms with Crippen LogP contribution in [-0.4, -0.2) is 61.4 Å². The number of rotatable bonds is 5. The third-order valence-electron chi connectivity index (χ3n) is 4.16. The van der Waals surface area contributed by atoms with E-state index in [1.807, 2.05) is 4.90 Å². The van der Waals surface area contributed by atoms with E-state index in [-0.39, 0.29) is 11.8 Å². The summed E-state index contributed by atoms with van der Waals surface area (Å²) in [4.78, 5) is 28.1. The van der Waals surface area contributed by atoms with E-state index < -0.39 is 0 Å². The molecule has 3 rings (SSSR count). The van der Waals surface area contributed by atoms with Crippen molar-refractivity contribution in [3.05, 3.63) is 48.4 Å². The number of Topliss-reactive ketones (excluding diaryl/α,β-unsaturated/α-hetero) is 1. The van der Waals surface area contributed by atoms with Gasteiger partial charge in [0.05, 0.1) is 19.9 Å². The van der Waals surface area contributed by atoms with Crippen LogP contribution in [0.15, 0.2) is 47.1 Å². The van der Waals surface area contributed by atoms with Crippen LogP contribution in [0.25, 0.3) is 0 Å². The maximum Gasteiger partial charge on any atom is 0.321 e. The van der Waals surface area contributed by atoms with Crippen molar-refractivity contribution >= 4 is 17.5 Å². The Balaban J connectivity index is 1.46. The number of furan rings is 1. The molecule has 1 aromatic heterocycles. The Hall–Kier alpha value is -2.80. The number of ether oxygens (including phenoxy) is 1. The first-order valence-corrected chi connectivity index (χ1v) is 8.15. The second kappa shape index (κ2) is 7.85. The molecule has 7 heteroatoms. The van der Waals surface area contributed by atoms with Gasteiger partial charge in [-0.25, -0.2) is 4.79 Å². The van der Waals surface area contributed by atoms with Crippen LogP contribution in [-0.2, 0) is 0 Å². The highest BCUT2D eigenvalue weighted by molar-refractivity contribution is 5.95. The maximum atomic E-state index is 12.3. The second-order valence-electron chi connectivity index (χ2n) is 5.82. The number of nitrogens with one attached hydrogen (secondary N) is 1. The summed E-state index contributed by atoms with van der Waals surface area (Å²) in [7, 11) is 1.60. The summed E-state index contributed by atoms with van der Waals surface area (Å²) < 4.78 is 10.2. The molecule has 0 radical (unpaired) electrons. The highest BCUT2D eigenvalue weighted by Crippen LogP contribution is 2.16. The predicted octanol–water partition coefficient (Wildman–Crippen LogP) is 2.32. The number of nitrogens with zero attached hydrogens (tertiary/aromatic N) is 2. The number of urea groups is 1. The van der Waals surface area contributed by atoms with E-state index in [2.05, 4.69) is 5.32 Å². The van der Waals surface area contributed by atoms with E-state index in [9.17, 15) is 9.59 Å². The lowest BCUT2D eigenvalue weighted by Crippen LogP contribution is -2.51. The van der Waals surface area contributed by atoms with Crippen LogP contribution in [0.2, 0.25) is 0 Å². The number of anilines is 1. The van der Waals surface area contributed by atoms with E-state index in [1.165, 1.54) is 6.26 Å². The molecule has 1 N–H and O–H groups in total. The fraction of sp³-hybridized carbons (Fsp3) is 0.333. The van der Waals surface area contributed by atoms with E-state index in [0.29, 0.717) is 38.5 Å². The fourth-order valence-electron chi connectivity index (χ4n) is 2.70. The molecule has 25 heavy (non-hydrogen) atoms. The minimum atomic E-state index is -0.137. The van der Waals surface area contributed by atoms with Gasteiger partial charge < -0.3 is 19.4 Å². The number of hydrogen-bond donors (Lipinski definition) is 1. The Morgan fingerprint density at radius 1 is 1.12 bits per heavy atom. The zero-order valence-corrected chi connectivity index (χ0v) is 14.1. The SMILES string of the molecule is COc1ccc(NC(=O)N2CCN(CC(=O)c3ccco3)CC2)cc1. The quantitative estimate of drug-likeness (QED) is 0.843. The first kappa shape index (κ1) is 17.0. The molecule has 1 aliphatic heterocycles. The van der Waals surface area contributed by atoms with Gasteiger partial charge in [0.25, 0.3) is 0 Å². The number of ketones is 1. The van der Waals surface area contributed by atoms with Crippen LogP contribution in [0.1, 0.15) is 10.6 Å². The van der Waals surface area contributed by atoms with Crippen molar-refractivity contribution in [3.63, 3.8) is 0 Å². The summed E-state index contributed by atoms with van der Waals surface area (Å²) >= 11 is 0. The molecule has 1 saturated heterocycles. The first-order valence-electron chi connectivity index (χ1n) is 8.15. The fourth-order valence-corrected chi connectivity index (χ4v) is 2.70. The molecule has 1 aromatic carbocycles. The van der Waals surface area contributed by atoms with Crippen LogP contribution >= 0.6 is 0 Å². The molecule has 2 amide bonds. The van der Waals surface area contributed by atoms with Crippen LogP contribution in [0.5, 0.6) is 5.75 Å². The molecule has 2 aromatic rings. The monoisotopic (exact) mass is 343 g/mol. The molecule has 0 aliphatic carbocycles. The summed E-state index contributed by atoms with van der Waals surface area (Å²) in [5, 5.41) is 2.87. The zero-order valence-electron chi connectivity index (χ0n) is 14.1. The normalized spacial score (nSPS) is 15.0. The minimum Gasteiger partial charge on any atom is -0.497 e. The minimum absolute atomic E-state index is 0.0406. The molecule has 0 atom stereocenters. The number of benzene rings is 1. The standard InChI is InChI=1S/C18H21N3O4/c1-24-15-6-4-14(5-7-15)19-18(23)21-10-8-20(9-11-21)13-16(22)17-3-2-12-25-17/h2-7,12H,8-11,13H2,1H3,(H,19,23). The lowest BCUT2D eigenvalue weighted by Gasteiger charge is -2.34. The Morgan fingerprint density at radius 2 is 1.84 bits per heavy atom. The summed E-state index contributed by atoms with van der Waals surface area (Å²) in [6.07, 6.45) is 1.49. The summed E-state index contributed by atoms with van der Waals surface area (Å²) in [6, 6.07) is 10.4. The smallest absolute Gasteiger partial charge is 0.321 e. The summed E-state index contributed by atoms with van der Waals surface area (Å²) in [5.74, 6) is 1.08. The van der Waals surface area contributed by atoms with Gasteiger partial charge in [-0.3, -0.25) is 9.69 Å². The summed E-state index contributed by atoms with van der Waals surface area (Å²) in [6.45, 7) is 2.77. The van der Waals surface area contributed by atoms with Gasteiger partial charge in [-0.05, 0) is 36.4 Å². The average Bonchev–Trinajstić information content (AvgIpc) is 3.18. The van der Waals surface area contributed by atoms with Gasteiger partial charge in [0.1, 0.15) is 5.75 Å². The number of carbonyl (C=O) groups is 2. The van der Waals surface area contributed by atoms with Gasteiger partial charge in [-0.2, -0.15) is 0 Å². The van der Waals surface area contributed by atoms with Crippen molar-refractivity contribution in [2.24, 2.45) is 0 Å². The van der Waals surface area contributed by atoms with E-state index >= 15 is 0 Å². The van der Waals surface area contributed by atoms with Crippen LogP contribution in [0.3, 0.4) is 0 Å². The Morgan fingerprint density at radius 3 is 2.44 bits per heavy atom. The Bertz CT molecular complexity index is 704. The molecule has 0 unspecified atom stereocenters. The van der Waals surface area contributed by atoms with Crippen molar-refractivity contribution in [1.29, 1.82) is 0 Å². The van der Waals surface area contributed by atoms with Crippen molar-refractivity contribution in [2.75, 3.05) is 45.2 Å². The average molecular weight is 343 g/mol. The van der Waals surface area contributed by atoms with Gasteiger partial charge >= 0.3 is 6.03 Å². The van der Waals surface area contributed by atoms with E-state index in [1.54, 1.807) is 48.4 Å². The van der Waals surface area contributed by atoms with Crippen LogP contribution in [0.4, 0.5) is 10.5 Å². The lowest BCUT2D eigenvalue weighted by molar-refractivity contribution is 0.0857. The number of hydrogen-bond acceptors (Lipinski definition) is 5. The highest BCUT2D eigenvalue weighted by atomic mass is 16.5. The molecule has 0 spiro atoms. The number of methoxy groups -OCH3 is 1. The highest BCUT2D eigenvalue weighted by Gasteiger charge is 2.23. The van der Waals surface area contributed by atoms with E-state index in [0.717, 1.165) is 11.4 Å². The molecule has 1 fully saturated rings. The molecular weight excluding hydrogens is 322 g/mol. The van der Waals surface area contributed by atoms with Crippen molar-refractivity contribution in [3.8, 4) is 5.75 Å². The van der Waals surface area contributed by atoms with Crippen molar-refractivity contribution in [1.82, 2.24) is 9.80 Å². The van der Waals surface area contributed by atoms with Gasteiger partial charge in [0, 0.05) is 31.9 Å². The molecule has 0 saturated carbocycles. The van der Waals surface area contributed by atoms with Gasteiger partial charge in [0.2, 0.25) is 5.78 Å². The third kappa shape index (κ3) is 4.39. The Labute approximate surface area is 146 Å². The van der Waals surface area contributed by atoms with Crippen LogP contribution < -0.4 is 10.1 Å². The maximum absolute atomic E-state index is 12.3. The van der Waals surface area contributed by atoms with Gasteiger partial charge in [0.15, 0.2) is 5.76 Å². The number of piperazine rings is 1. The van der Waals surface area contributed by atoms with E-state index in [4.69, 9.17) is 9.15 Å². The van der Waals surface area contributed by atoms with Crippen LogP contribution in [0, 0.1) is 0 Å². The summed E-state index contributed by atoms with van der Waals surface area (Å²) in [5.41, 5.74) is 0.723. The van der Waals surface area contributed by atoms with Crippen molar-refractivity contribution < 1.29 is 18.7 Å². The number of carbonyl (C=O) groups excluding carboxylic acids is 2. The molecule has 7 nitrogen and oxygen atoms in total. The molecule has 132 valence electrons. The predicted molar refractivity (Wildman–Crippen MR) is 93.1 cm³/mol. The molecular formula is C18H21N3O4. The molecule has 1 aliphatic rings. The van der Waals surface area contributed by atoms with Gasteiger partial charge in [-0.15, -0.1) is 0 Å². The second-order valence-corrected chi connectivity index (χ2v) is 5.82. The molecule has 0 bridgehead atoms. The zero-order chi connectivity index (χ0) is 17.6. The number of amides is 2. The van der Waals surface area contributed by atoms with Gasteiger partial charge in [-0.1, -0.05) is 0 Å². The third-order valence-corrected chi connectivity index (χ3v) is 4.16. The first-order chi connectivity index (χ1) is 12.2. The topological polar surface area (TPSA) is 75.0 Å². The van der Waals surface area contributed by atoms with Crippen molar-refractivity contribution in [2.45, 2.75) is 0 Å².